The number of halogens is 1. The fraction of sp³-hybridized carbons (Fsp3) is 0.0833. The van der Waals surface area contributed by atoms with Crippen LogP contribution in [0.1, 0.15) is 5.56 Å². The van der Waals surface area contributed by atoms with Gasteiger partial charge in [-0.1, -0.05) is 11.6 Å². The van der Waals surface area contributed by atoms with Crippen molar-refractivity contribution in [3.8, 4) is 9.88 Å². The summed E-state index contributed by atoms with van der Waals surface area (Å²) in [6, 6.07) is 7.77. The smallest absolute Gasteiger partial charge is 0.134 e. The van der Waals surface area contributed by atoms with Crippen LogP contribution in [0, 0.1) is 6.92 Å². The standard InChI is InChI=1S/C12H9ClN2S2/c1-6-4-10(14)17-11(6)12-15-8-5-7(13)2-3-9(8)16-12/h2-5H,14H2,1H3. The Morgan fingerprint density at radius 1 is 1.24 bits per heavy atom. The quantitative estimate of drug-likeness (QED) is 0.709. The van der Waals surface area contributed by atoms with E-state index >= 15 is 0 Å². The normalized spacial score (nSPS) is 11.2. The lowest BCUT2D eigenvalue weighted by atomic mass is 10.3. The van der Waals surface area contributed by atoms with Gasteiger partial charge < -0.3 is 5.73 Å². The summed E-state index contributed by atoms with van der Waals surface area (Å²) in [5.74, 6) is 0. The molecule has 2 N–H and O–H groups in total. The largest absolute Gasteiger partial charge is 0.391 e. The van der Waals surface area contributed by atoms with Crippen LogP contribution in [0.25, 0.3) is 20.1 Å². The van der Waals surface area contributed by atoms with Crippen molar-refractivity contribution < 1.29 is 0 Å². The zero-order valence-corrected chi connectivity index (χ0v) is 11.4. The van der Waals surface area contributed by atoms with Gasteiger partial charge in [-0.15, -0.1) is 22.7 Å². The van der Waals surface area contributed by atoms with Crippen molar-refractivity contribution >= 4 is 49.5 Å². The van der Waals surface area contributed by atoms with Crippen LogP contribution in [0.5, 0.6) is 0 Å². The fourth-order valence-electron chi connectivity index (χ4n) is 1.72. The van der Waals surface area contributed by atoms with Gasteiger partial charge in [0.15, 0.2) is 0 Å². The summed E-state index contributed by atoms with van der Waals surface area (Å²) in [6.45, 7) is 2.06. The van der Waals surface area contributed by atoms with E-state index in [0.717, 1.165) is 30.1 Å². The maximum Gasteiger partial charge on any atom is 0.134 e. The average Bonchev–Trinajstić information content (AvgIpc) is 2.80. The highest BCUT2D eigenvalue weighted by molar-refractivity contribution is 7.26. The molecule has 0 amide bonds. The van der Waals surface area contributed by atoms with E-state index in [4.69, 9.17) is 17.3 Å². The van der Waals surface area contributed by atoms with E-state index in [0.29, 0.717) is 0 Å². The number of thiophene rings is 1. The molecule has 3 aromatic rings. The minimum Gasteiger partial charge on any atom is -0.391 e. The molecule has 0 aliphatic carbocycles. The van der Waals surface area contributed by atoms with Crippen LogP contribution in [-0.2, 0) is 0 Å². The SMILES string of the molecule is Cc1cc(N)sc1-c1nc2cc(Cl)ccc2s1. The van der Waals surface area contributed by atoms with Crippen LogP contribution in [0.2, 0.25) is 5.02 Å². The first kappa shape index (κ1) is 11.0. The zero-order chi connectivity index (χ0) is 12.0. The lowest BCUT2D eigenvalue weighted by Crippen LogP contribution is -1.73. The highest BCUT2D eigenvalue weighted by atomic mass is 35.5. The fourth-order valence-corrected chi connectivity index (χ4v) is 3.91. The number of nitrogens with zero attached hydrogens (tertiary/aromatic N) is 1. The number of hydrogen-bond donors (Lipinski definition) is 1. The van der Waals surface area contributed by atoms with Gasteiger partial charge in [-0.2, -0.15) is 0 Å². The second-order valence-corrected chi connectivity index (χ2v) is 6.34. The summed E-state index contributed by atoms with van der Waals surface area (Å²) in [6.07, 6.45) is 0. The number of anilines is 1. The number of thiazole rings is 1. The van der Waals surface area contributed by atoms with E-state index in [-0.39, 0.29) is 0 Å². The lowest BCUT2D eigenvalue weighted by molar-refractivity contribution is 1.46. The number of rotatable bonds is 1. The topological polar surface area (TPSA) is 38.9 Å². The van der Waals surface area contributed by atoms with Crippen LogP contribution in [-0.4, -0.2) is 4.98 Å². The Hall–Kier alpha value is -1.10. The highest BCUT2D eigenvalue weighted by Gasteiger charge is 2.11. The first-order valence-corrected chi connectivity index (χ1v) is 7.07. The van der Waals surface area contributed by atoms with Gasteiger partial charge in [-0.3, -0.25) is 0 Å². The molecule has 0 atom stereocenters. The highest BCUT2D eigenvalue weighted by Crippen LogP contribution is 2.38. The molecular formula is C12H9ClN2S2. The molecule has 0 bridgehead atoms. The summed E-state index contributed by atoms with van der Waals surface area (Å²) >= 11 is 9.21. The second-order valence-electron chi connectivity index (χ2n) is 3.79. The maximum atomic E-state index is 5.96. The molecule has 1 aromatic carbocycles. The van der Waals surface area contributed by atoms with E-state index in [2.05, 4.69) is 11.9 Å². The molecule has 86 valence electrons. The second kappa shape index (κ2) is 3.98. The van der Waals surface area contributed by atoms with E-state index in [1.54, 1.807) is 22.7 Å². The van der Waals surface area contributed by atoms with Crippen molar-refractivity contribution in [2.45, 2.75) is 6.92 Å². The molecule has 5 heteroatoms. The Kier molecular flexibility index (Phi) is 2.58. The predicted molar refractivity (Wildman–Crippen MR) is 77.1 cm³/mol. The third-order valence-corrected chi connectivity index (χ3v) is 4.97. The number of aromatic nitrogens is 1. The molecule has 0 saturated heterocycles. The van der Waals surface area contributed by atoms with E-state index in [9.17, 15) is 0 Å². The Morgan fingerprint density at radius 3 is 2.76 bits per heavy atom. The van der Waals surface area contributed by atoms with Crippen LogP contribution in [0.3, 0.4) is 0 Å². The number of fused-ring (bicyclic) bond motifs is 1. The Balaban J connectivity index is 2.21. The molecule has 0 aliphatic heterocycles. The summed E-state index contributed by atoms with van der Waals surface area (Å²) in [5.41, 5.74) is 7.94. The van der Waals surface area contributed by atoms with Crippen LogP contribution in [0.4, 0.5) is 5.00 Å². The van der Waals surface area contributed by atoms with Crippen molar-refractivity contribution in [1.29, 1.82) is 0 Å². The Bertz CT molecular complexity index is 700. The molecule has 0 spiro atoms. The molecular weight excluding hydrogens is 272 g/mol. The van der Waals surface area contributed by atoms with Crippen molar-refractivity contribution in [1.82, 2.24) is 4.98 Å². The monoisotopic (exact) mass is 280 g/mol. The molecule has 17 heavy (non-hydrogen) atoms. The molecule has 0 aliphatic rings. The van der Waals surface area contributed by atoms with Crippen molar-refractivity contribution in [2.24, 2.45) is 0 Å². The number of benzene rings is 1. The zero-order valence-electron chi connectivity index (χ0n) is 9.03. The molecule has 2 nitrogen and oxygen atoms in total. The number of nitrogen functional groups attached to an aromatic ring is 1. The third-order valence-electron chi connectivity index (χ3n) is 2.48. The summed E-state index contributed by atoms with van der Waals surface area (Å²) in [7, 11) is 0. The molecule has 2 aromatic heterocycles. The molecule has 0 fully saturated rings. The summed E-state index contributed by atoms with van der Waals surface area (Å²) < 4.78 is 1.15. The van der Waals surface area contributed by atoms with Gasteiger partial charge in [0.2, 0.25) is 0 Å². The summed E-state index contributed by atoms with van der Waals surface area (Å²) in [5, 5.41) is 2.56. The van der Waals surface area contributed by atoms with Crippen LogP contribution < -0.4 is 5.73 Å². The van der Waals surface area contributed by atoms with E-state index < -0.39 is 0 Å². The average molecular weight is 281 g/mol. The van der Waals surface area contributed by atoms with Gasteiger partial charge >= 0.3 is 0 Å². The van der Waals surface area contributed by atoms with Crippen LogP contribution >= 0.6 is 34.3 Å². The van der Waals surface area contributed by atoms with Gasteiger partial charge in [-0.25, -0.2) is 4.98 Å². The van der Waals surface area contributed by atoms with Crippen LogP contribution in [0.15, 0.2) is 24.3 Å². The third kappa shape index (κ3) is 1.92. The van der Waals surface area contributed by atoms with Gasteiger partial charge in [-0.05, 0) is 36.8 Å². The number of nitrogens with two attached hydrogens (primary N) is 1. The van der Waals surface area contributed by atoms with Crippen molar-refractivity contribution in [3.63, 3.8) is 0 Å². The maximum absolute atomic E-state index is 5.96. The molecule has 0 unspecified atom stereocenters. The lowest BCUT2D eigenvalue weighted by Gasteiger charge is -1.90. The molecule has 3 rings (SSSR count). The van der Waals surface area contributed by atoms with E-state index in [1.165, 1.54) is 5.56 Å². The van der Waals surface area contributed by atoms with Gasteiger partial charge in [0.1, 0.15) is 5.01 Å². The van der Waals surface area contributed by atoms with Gasteiger partial charge in [0.25, 0.3) is 0 Å². The summed E-state index contributed by atoms with van der Waals surface area (Å²) in [4.78, 5) is 5.76. The number of aryl methyl sites for hydroxylation is 1. The Morgan fingerprint density at radius 2 is 2.06 bits per heavy atom. The Labute approximate surface area is 112 Å². The van der Waals surface area contributed by atoms with Gasteiger partial charge in [0, 0.05) is 5.02 Å². The predicted octanol–water partition coefficient (Wildman–Crippen LogP) is 4.57. The molecule has 2 heterocycles. The van der Waals surface area contributed by atoms with Crippen molar-refractivity contribution in [3.05, 3.63) is 34.9 Å². The minimum atomic E-state index is 0.719. The van der Waals surface area contributed by atoms with Crippen molar-refractivity contribution in [2.75, 3.05) is 5.73 Å². The van der Waals surface area contributed by atoms with E-state index in [1.807, 2.05) is 24.3 Å². The minimum absolute atomic E-state index is 0.719. The first-order chi connectivity index (χ1) is 8.13. The molecule has 0 saturated carbocycles. The van der Waals surface area contributed by atoms with Gasteiger partial charge in [0.05, 0.1) is 20.1 Å². The molecule has 0 radical (unpaired) electrons. The first-order valence-electron chi connectivity index (χ1n) is 5.06. The number of hydrogen-bond acceptors (Lipinski definition) is 4.